The van der Waals surface area contributed by atoms with Crippen molar-refractivity contribution in [1.82, 2.24) is 20.2 Å². The van der Waals surface area contributed by atoms with Crippen molar-refractivity contribution < 1.29 is 23.8 Å². The fraction of sp³-hybridized carbons (Fsp3) is 0.429. The molecule has 0 unspecified atom stereocenters. The Morgan fingerprint density at radius 2 is 2.10 bits per heavy atom. The van der Waals surface area contributed by atoms with E-state index in [1.807, 2.05) is 25.7 Å². The van der Waals surface area contributed by atoms with E-state index >= 15 is 0 Å². The Bertz CT molecular complexity index is 949. The minimum Gasteiger partial charge on any atom is -0.465 e. The summed E-state index contributed by atoms with van der Waals surface area (Å²) >= 11 is 0. The van der Waals surface area contributed by atoms with Gasteiger partial charge in [0.1, 0.15) is 17.9 Å². The third-order valence-corrected chi connectivity index (χ3v) is 5.07. The molecule has 1 aliphatic rings. The zero-order valence-corrected chi connectivity index (χ0v) is 17.7. The first kappa shape index (κ1) is 22.3. The molecule has 0 saturated carbocycles. The van der Waals surface area contributed by atoms with Gasteiger partial charge in [-0.2, -0.15) is 0 Å². The number of halogens is 1. The van der Waals surface area contributed by atoms with Crippen molar-refractivity contribution >= 4 is 17.8 Å². The predicted molar refractivity (Wildman–Crippen MR) is 112 cm³/mol. The second-order valence-electron chi connectivity index (χ2n) is 7.60. The number of nitrogens with zero attached hydrogens (tertiary/aromatic N) is 4. The summed E-state index contributed by atoms with van der Waals surface area (Å²) in [5.41, 5.74) is 0.123. The van der Waals surface area contributed by atoms with E-state index in [0.29, 0.717) is 37.7 Å². The van der Waals surface area contributed by atoms with Crippen LogP contribution in [-0.2, 0) is 0 Å². The maximum Gasteiger partial charge on any atom is 0.404 e. The Kier molecular flexibility index (Phi) is 6.88. The topological polar surface area (TPSA) is 108 Å². The molecule has 1 aromatic carbocycles. The molecule has 0 atom stereocenters. The largest absolute Gasteiger partial charge is 0.465 e. The maximum absolute atomic E-state index is 14.0. The summed E-state index contributed by atoms with van der Waals surface area (Å²) in [5.74, 6) is 0.379. The first-order chi connectivity index (χ1) is 14.8. The number of benzene rings is 1. The van der Waals surface area contributed by atoms with Crippen molar-refractivity contribution in [3.8, 4) is 11.5 Å². The monoisotopic (exact) mass is 431 g/mol. The third kappa shape index (κ3) is 5.19. The quantitative estimate of drug-likeness (QED) is 0.661. The zero-order valence-electron chi connectivity index (χ0n) is 17.7. The van der Waals surface area contributed by atoms with Crippen molar-refractivity contribution in [1.29, 1.82) is 0 Å². The summed E-state index contributed by atoms with van der Waals surface area (Å²) in [6.07, 6.45) is 1.82. The molecule has 0 bridgehead atoms. The predicted octanol–water partition coefficient (Wildman–Crippen LogP) is 2.98. The van der Waals surface area contributed by atoms with Gasteiger partial charge in [-0.25, -0.2) is 19.2 Å². The lowest BCUT2D eigenvalue weighted by molar-refractivity contribution is 0.0713. The minimum atomic E-state index is -1.06. The lowest BCUT2D eigenvalue weighted by Crippen LogP contribution is -2.51. The molecule has 1 aromatic heterocycles. The highest BCUT2D eigenvalue weighted by molar-refractivity contribution is 5.97. The summed E-state index contributed by atoms with van der Waals surface area (Å²) in [6, 6.07) is 3.77. The van der Waals surface area contributed by atoms with Gasteiger partial charge in [-0.05, 0) is 39.0 Å². The first-order valence-corrected chi connectivity index (χ1v) is 10.1. The van der Waals surface area contributed by atoms with Crippen LogP contribution >= 0.6 is 0 Å². The number of rotatable bonds is 8. The van der Waals surface area contributed by atoms with Crippen LogP contribution in [0.5, 0.6) is 11.5 Å². The van der Waals surface area contributed by atoms with Crippen LogP contribution < -0.4 is 15.0 Å². The van der Waals surface area contributed by atoms with Gasteiger partial charge in [-0.1, -0.05) is 0 Å². The molecule has 10 heteroatoms. The Balaban J connectivity index is 1.81. The SMILES string of the molecule is CCN(C(=O)c1cc(F)ccc1Oc1cncnc1N1CC(CNC(=O)O)C1)C(C)C. The van der Waals surface area contributed by atoms with E-state index in [4.69, 9.17) is 9.84 Å². The second kappa shape index (κ2) is 9.59. The fourth-order valence-electron chi connectivity index (χ4n) is 3.50. The van der Waals surface area contributed by atoms with Crippen LogP contribution in [0, 0.1) is 11.7 Å². The van der Waals surface area contributed by atoms with E-state index < -0.39 is 11.9 Å². The second-order valence-corrected chi connectivity index (χ2v) is 7.60. The molecular formula is C21H26FN5O4. The molecule has 31 heavy (non-hydrogen) atoms. The van der Waals surface area contributed by atoms with Gasteiger partial charge in [0.15, 0.2) is 11.6 Å². The van der Waals surface area contributed by atoms with Gasteiger partial charge in [0, 0.05) is 38.1 Å². The van der Waals surface area contributed by atoms with Crippen molar-refractivity contribution in [2.45, 2.75) is 26.8 Å². The number of carboxylic acid groups (broad SMARTS) is 1. The summed E-state index contributed by atoms with van der Waals surface area (Å²) in [6.45, 7) is 7.67. The van der Waals surface area contributed by atoms with Crippen molar-refractivity contribution in [2.75, 3.05) is 31.1 Å². The number of hydrogen-bond acceptors (Lipinski definition) is 6. The van der Waals surface area contributed by atoms with Crippen molar-refractivity contribution in [3.63, 3.8) is 0 Å². The van der Waals surface area contributed by atoms with Gasteiger partial charge >= 0.3 is 6.09 Å². The lowest BCUT2D eigenvalue weighted by atomic mass is 10.0. The van der Waals surface area contributed by atoms with Crippen LogP contribution in [0.15, 0.2) is 30.7 Å². The molecule has 9 nitrogen and oxygen atoms in total. The minimum absolute atomic E-state index is 0.0540. The maximum atomic E-state index is 14.0. The number of ether oxygens (including phenoxy) is 1. The highest BCUT2D eigenvalue weighted by atomic mass is 19.1. The van der Waals surface area contributed by atoms with Crippen LogP contribution in [0.4, 0.5) is 15.0 Å². The molecule has 1 saturated heterocycles. The van der Waals surface area contributed by atoms with Crippen molar-refractivity contribution in [3.05, 3.63) is 42.1 Å². The van der Waals surface area contributed by atoms with Gasteiger partial charge in [0.05, 0.1) is 11.8 Å². The normalized spacial score (nSPS) is 13.6. The molecule has 166 valence electrons. The van der Waals surface area contributed by atoms with Gasteiger partial charge in [0.2, 0.25) is 0 Å². The standard InChI is InChI=1S/C21H26FN5O4/c1-4-27(13(2)3)20(28)16-7-15(22)5-6-17(16)31-18-9-23-12-25-19(18)26-10-14(11-26)8-24-21(29)30/h5-7,9,12-14,24H,4,8,10-11H2,1-3H3,(H,29,30). The average molecular weight is 431 g/mol. The van der Waals surface area contributed by atoms with E-state index in [2.05, 4.69) is 15.3 Å². The Morgan fingerprint density at radius 3 is 2.74 bits per heavy atom. The fourth-order valence-corrected chi connectivity index (χ4v) is 3.50. The molecular weight excluding hydrogens is 405 g/mol. The molecule has 1 fully saturated rings. The number of hydrogen-bond donors (Lipinski definition) is 2. The van der Waals surface area contributed by atoms with Gasteiger partial charge in [-0.3, -0.25) is 4.79 Å². The molecule has 2 N–H and O–H groups in total. The van der Waals surface area contributed by atoms with Crippen LogP contribution in [0.3, 0.4) is 0 Å². The molecule has 2 aromatic rings. The van der Waals surface area contributed by atoms with Gasteiger partial charge < -0.3 is 25.0 Å². The molecule has 2 heterocycles. The lowest BCUT2D eigenvalue weighted by Gasteiger charge is -2.40. The molecule has 2 amide bonds. The number of aromatic nitrogens is 2. The van der Waals surface area contributed by atoms with E-state index in [0.717, 1.165) is 0 Å². The van der Waals surface area contributed by atoms with Crippen LogP contribution in [0.2, 0.25) is 0 Å². The van der Waals surface area contributed by atoms with E-state index in [1.165, 1.54) is 30.7 Å². The molecule has 0 aliphatic carbocycles. The van der Waals surface area contributed by atoms with Crippen LogP contribution in [0.1, 0.15) is 31.1 Å². The Hall–Kier alpha value is -3.43. The molecule has 3 rings (SSSR count). The highest BCUT2D eigenvalue weighted by Crippen LogP contribution is 2.35. The van der Waals surface area contributed by atoms with Gasteiger partial charge in [-0.15, -0.1) is 0 Å². The van der Waals surface area contributed by atoms with E-state index in [1.54, 1.807) is 4.90 Å². The smallest absolute Gasteiger partial charge is 0.404 e. The number of amides is 2. The van der Waals surface area contributed by atoms with Crippen molar-refractivity contribution in [2.24, 2.45) is 5.92 Å². The summed E-state index contributed by atoms with van der Waals surface area (Å²) in [4.78, 5) is 35.5. The summed E-state index contributed by atoms with van der Waals surface area (Å²) in [7, 11) is 0. The third-order valence-electron chi connectivity index (χ3n) is 5.07. The summed E-state index contributed by atoms with van der Waals surface area (Å²) in [5, 5.41) is 11.1. The number of carbonyl (C=O) groups is 2. The number of anilines is 1. The Labute approximate surface area is 179 Å². The number of nitrogens with one attached hydrogen (secondary N) is 1. The number of carbonyl (C=O) groups excluding carboxylic acids is 1. The Morgan fingerprint density at radius 1 is 1.35 bits per heavy atom. The first-order valence-electron chi connectivity index (χ1n) is 10.1. The van der Waals surface area contributed by atoms with E-state index in [-0.39, 0.29) is 29.2 Å². The molecule has 0 spiro atoms. The molecule has 0 radical (unpaired) electrons. The highest BCUT2D eigenvalue weighted by Gasteiger charge is 2.31. The zero-order chi connectivity index (χ0) is 22.5. The van der Waals surface area contributed by atoms with Gasteiger partial charge in [0.25, 0.3) is 5.91 Å². The van der Waals surface area contributed by atoms with Crippen LogP contribution in [0.25, 0.3) is 0 Å². The molecule has 1 aliphatic heterocycles. The van der Waals surface area contributed by atoms with E-state index in [9.17, 15) is 14.0 Å². The average Bonchev–Trinajstić information content (AvgIpc) is 2.69. The van der Waals surface area contributed by atoms with Crippen LogP contribution in [-0.4, -0.2) is 64.2 Å². The summed E-state index contributed by atoms with van der Waals surface area (Å²) < 4.78 is 19.9.